The number of likely N-dealkylation sites (tertiary alicyclic amines) is 1. The van der Waals surface area contributed by atoms with Gasteiger partial charge in [0, 0.05) is 32.0 Å². The maximum Gasteiger partial charge on any atom is 0.254 e. The van der Waals surface area contributed by atoms with Crippen LogP contribution in [0.5, 0.6) is 0 Å². The van der Waals surface area contributed by atoms with Gasteiger partial charge in [-0.2, -0.15) is 0 Å². The topological polar surface area (TPSA) is 42.4 Å². The highest BCUT2D eigenvalue weighted by molar-refractivity contribution is 9.10. The van der Waals surface area contributed by atoms with Crippen molar-refractivity contribution >= 4 is 21.8 Å². The number of piperidine rings is 1. The fourth-order valence-corrected chi connectivity index (χ4v) is 2.70. The fraction of sp³-hybridized carbons (Fsp3) is 0.538. The number of hydrogen-bond donors (Lipinski definition) is 0. The van der Waals surface area contributed by atoms with E-state index >= 15 is 0 Å². The van der Waals surface area contributed by atoms with Crippen LogP contribution in [0.2, 0.25) is 0 Å². The molecule has 0 N–H and O–H groups in total. The number of halogens is 1. The van der Waals surface area contributed by atoms with Crippen LogP contribution in [0.4, 0.5) is 0 Å². The third-order valence-corrected chi connectivity index (χ3v) is 3.62. The van der Waals surface area contributed by atoms with E-state index in [1.54, 1.807) is 25.4 Å². The first kappa shape index (κ1) is 13.5. The normalized spacial score (nSPS) is 19.9. The summed E-state index contributed by atoms with van der Waals surface area (Å²) in [5.74, 6) is 0.539. The van der Waals surface area contributed by atoms with Crippen LogP contribution in [0.3, 0.4) is 0 Å². The largest absolute Gasteiger partial charge is 0.384 e. The lowest BCUT2D eigenvalue weighted by molar-refractivity contribution is 0.0570. The van der Waals surface area contributed by atoms with Gasteiger partial charge in [-0.15, -0.1) is 0 Å². The second-order valence-corrected chi connectivity index (χ2v) is 5.39. The van der Waals surface area contributed by atoms with E-state index < -0.39 is 0 Å². The monoisotopic (exact) mass is 312 g/mol. The third-order valence-electron chi connectivity index (χ3n) is 3.18. The van der Waals surface area contributed by atoms with E-state index in [1.165, 1.54) is 0 Å². The zero-order chi connectivity index (χ0) is 13.0. The number of methoxy groups -OCH3 is 1. The standard InChI is InChI=1S/C13H17BrN2O2/c1-18-9-10-3-2-6-16(8-10)13(17)11-4-5-15-12(14)7-11/h4-5,7,10H,2-3,6,8-9H2,1H3. The van der Waals surface area contributed by atoms with Crippen LogP contribution in [-0.2, 0) is 4.74 Å². The van der Waals surface area contributed by atoms with E-state index in [9.17, 15) is 4.79 Å². The number of carbonyl (C=O) groups excluding carboxylic acids is 1. The van der Waals surface area contributed by atoms with Gasteiger partial charge >= 0.3 is 0 Å². The van der Waals surface area contributed by atoms with Gasteiger partial charge in [0.2, 0.25) is 0 Å². The third kappa shape index (κ3) is 3.29. The molecule has 1 atom stereocenters. The van der Waals surface area contributed by atoms with E-state index in [2.05, 4.69) is 20.9 Å². The Morgan fingerprint density at radius 1 is 1.67 bits per heavy atom. The van der Waals surface area contributed by atoms with Gasteiger partial charge in [0.25, 0.3) is 5.91 Å². The molecule has 0 aliphatic carbocycles. The summed E-state index contributed by atoms with van der Waals surface area (Å²) in [6.45, 7) is 2.34. The molecule has 1 aliphatic heterocycles. The lowest BCUT2D eigenvalue weighted by Crippen LogP contribution is -2.41. The number of rotatable bonds is 3. The van der Waals surface area contributed by atoms with Crippen molar-refractivity contribution in [1.82, 2.24) is 9.88 Å². The minimum Gasteiger partial charge on any atom is -0.384 e. The molecule has 1 amide bonds. The van der Waals surface area contributed by atoms with Gasteiger partial charge in [-0.3, -0.25) is 4.79 Å². The quantitative estimate of drug-likeness (QED) is 0.805. The van der Waals surface area contributed by atoms with Gasteiger partial charge < -0.3 is 9.64 Å². The summed E-state index contributed by atoms with van der Waals surface area (Å²) in [6, 6.07) is 3.52. The van der Waals surface area contributed by atoms with E-state index in [0.717, 1.165) is 32.5 Å². The molecular weight excluding hydrogens is 296 g/mol. The first-order chi connectivity index (χ1) is 8.70. The van der Waals surface area contributed by atoms with E-state index in [0.29, 0.717) is 16.1 Å². The molecule has 0 bridgehead atoms. The maximum atomic E-state index is 12.3. The number of carbonyl (C=O) groups is 1. The van der Waals surface area contributed by atoms with Gasteiger partial charge in [0.05, 0.1) is 6.61 Å². The van der Waals surface area contributed by atoms with Gasteiger partial charge in [-0.1, -0.05) is 0 Å². The van der Waals surface area contributed by atoms with Crippen molar-refractivity contribution in [2.45, 2.75) is 12.8 Å². The van der Waals surface area contributed by atoms with Crippen molar-refractivity contribution in [3.05, 3.63) is 28.5 Å². The highest BCUT2D eigenvalue weighted by atomic mass is 79.9. The van der Waals surface area contributed by atoms with Crippen molar-refractivity contribution in [1.29, 1.82) is 0 Å². The summed E-state index contributed by atoms with van der Waals surface area (Å²) in [5, 5.41) is 0. The SMILES string of the molecule is COCC1CCCN(C(=O)c2ccnc(Br)c2)C1. The van der Waals surface area contributed by atoms with Crippen LogP contribution in [0, 0.1) is 5.92 Å². The van der Waals surface area contributed by atoms with Gasteiger partial charge in [-0.25, -0.2) is 4.98 Å². The highest BCUT2D eigenvalue weighted by Crippen LogP contribution is 2.19. The minimum absolute atomic E-state index is 0.0823. The zero-order valence-corrected chi connectivity index (χ0v) is 12.0. The summed E-state index contributed by atoms with van der Waals surface area (Å²) < 4.78 is 5.87. The Kier molecular flexibility index (Phi) is 4.72. The molecule has 2 rings (SSSR count). The van der Waals surface area contributed by atoms with Crippen molar-refractivity contribution < 1.29 is 9.53 Å². The van der Waals surface area contributed by atoms with Gasteiger partial charge in [0.1, 0.15) is 4.60 Å². The zero-order valence-electron chi connectivity index (χ0n) is 10.4. The van der Waals surface area contributed by atoms with Crippen LogP contribution in [0.1, 0.15) is 23.2 Å². The second-order valence-electron chi connectivity index (χ2n) is 4.58. The van der Waals surface area contributed by atoms with Crippen LogP contribution in [0.15, 0.2) is 22.9 Å². The Morgan fingerprint density at radius 3 is 3.22 bits per heavy atom. The molecule has 1 saturated heterocycles. The molecule has 1 aliphatic rings. The Hall–Kier alpha value is -0.940. The molecule has 1 aromatic rings. The molecule has 0 radical (unpaired) electrons. The Balaban J connectivity index is 2.04. The van der Waals surface area contributed by atoms with E-state index in [4.69, 9.17) is 4.74 Å². The first-order valence-electron chi connectivity index (χ1n) is 6.10. The summed E-state index contributed by atoms with van der Waals surface area (Å²) in [5.41, 5.74) is 0.690. The molecule has 0 aromatic carbocycles. The summed E-state index contributed by atoms with van der Waals surface area (Å²) >= 11 is 3.29. The molecule has 98 valence electrons. The van der Waals surface area contributed by atoms with Crippen molar-refractivity contribution in [2.75, 3.05) is 26.8 Å². The van der Waals surface area contributed by atoms with Crippen LogP contribution in [0.25, 0.3) is 0 Å². The van der Waals surface area contributed by atoms with E-state index in [-0.39, 0.29) is 5.91 Å². The smallest absolute Gasteiger partial charge is 0.254 e. The molecule has 18 heavy (non-hydrogen) atoms. The van der Waals surface area contributed by atoms with Gasteiger partial charge in [-0.05, 0) is 46.8 Å². The molecular formula is C13H17BrN2O2. The average molecular weight is 313 g/mol. The van der Waals surface area contributed by atoms with Gasteiger partial charge in [0.15, 0.2) is 0 Å². The fourth-order valence-electron chi connectivity index (χ4n) is 2.34. The highest BCUT2D eigenvalue weighted by Gasteiger charge is 2.24. The second kappa shape index (κ2) is 6.29. The Labute approximate surface area is 115 Å². The predicted octanol–water partition coefficient (Wildman–Crippen LogP) is 2.34. The van der Waals surface area contributed by atoms with E-state index in [1.807, 2.05) is 4.90 Å². The molecule has 1 unspecified atom stereocenters. The summed E-state index contributed by atoms with van der Waals surface area (Å²) in [4.78, 5) is 18.3. The average Bonchev–Trinajstić information content (AvgIpc) is 2.39. The number of amides is 1. The van der Waals surface area contributed by atoms with Crippen molar-refractivity contribution in [3.63, 3.8) is 0 Å². The lowest BCUT2D eigenvalue weighted by Gasteiger charge is -2.32. The maximum absolute atomic E-state index is 12.3. The summed E-state index contributed by atoms with van der Waals surface area (Å²) in [6.07, 6.45) is 3.83. The molecule has 1 aromatic heterocycles. The predicted molar refractivity (Wildman–Crippen MR) is 72.4 cm³/mol. The van der Waals surface area contributed by atoms with Crippen LogP contribution >= 0.6 is 15.9 Å². The van der Waals surface area contributed by atoms with Crippen molar-refractivity contribution in [2.24, 2.45) is 5.92 Å². The molecule has 1 fully saturated rings. The minimum atomic E-state index is 0.0823. The number of hydrogen-bond acceptors (Lipinski definition) is 3. The molecule has 5 heteroatoms. The molecule has 0 spiro atoms. The summed E-state index contributed by atoms with van der Waals surface area (Å²) in [7, 11) is 1.71. The number of pyridine rings is 1. The first-order valence-corrected chi connectivity index (χ1v) is 6.89. The Morgan fingerprint density at radius 2 is 2.50 bits per heavy atom. The van der Waals surface area contributed by atoms with Crippen molar-refractivity contribution in [3.8, 4) is 0 Å². The van der Waals surface area contributed by atoms with Crippen LogP contribution in [-0.4, -0.2) is 42.6 Å². The molecule has 4 nitrogen and oxygen atoms in total. The Bertz CT molecular complexity index is 423. The number of ether oxygens (including phenoxy) is 1. The lowest BCUT2D eigenvalue weighted by atomic mass is 9.98. The number of aromatic nitrogens is 1. The molecule has 2 heterocycles. The van der Waals surface area contributed by atoms with Crippen LogP contribution < -0.4 is 0 Å². The number of nitrogens with zero attached hydrogens (tertiary/aromatic N) is 2. The molecule has 0 saturated carbocycles.